The highest BCUT2D eigenvalue weighted by Gasteiger charge is 2.23. The van der Waals surface area contributed by atoms with Crippen LogP contribution in [0.1, 0.15) is 31.0 Å². The number of nitrogens with zero attached hydrogens (tertiary/aromatic N) is 3. The van der Waals surface area contributed by atoms with E-state index in [0.717, 1.165) is 11.5 Å². The molecule has 3 rings (SSSR count). The molecule has 0 amide bonds. The van der Waals surface area contributed by atoms with Gasteiger partial charge in [0.1, 0.15) is 0 Å². The molecule has 4 nitrogen and oxygen atoms in total. The number of anilines is 1. The summed E-state index contributed by atoms with van der Waals surface area (Å²) >= 11 is 0. The Balaban J connectivity index is 2.15. The molecule has 2 aromatic rings. The van der Waals surface area contributed by atoms with E-state index < -0.39 is 0 Å². The summed E-state index contributed by atoms with van der Waals surface area (Å²) in [5, 5.41) is 4.42. The van der Waals surface area contributed by atoms with E-state index in [0.29, 0.717) is 11.6 Å². The molecule has 1 fully saturated rings. The first-order valence-electron chi connectivity index (χ1n) is 4.95. The molecule has 0 saturated heterocycles. The minimum atomic E-state index is 0.564. The summed E-state index contributed by atoms with van der Waals surface area (Å²) in [7, 11) is 0. The van der Waals surface area contributed by atoms with Crippen LogP contribution in [0.15, 0.2) is 18.3 Å². The summed E-state index contributed by atoms with van der Waals surface area (Å²) in [5.74, 6) is 1.52. The van der Waals surface area contributed by atoms with E-state index in [4.69, 9.17) is 5.73 Å². The standard InChI is InChI=1S/C10H12N4/c11-8-5-2-6-14-10(8)12-9(13-14)7-3-1-4-7/h2,5-7H,1,3-4,11H2. The van der Waals surface area contributed by atoms with Crippen LogP contribution in [-0.2, 0) is 0 Å². The zero-order valence-corrected chi connectivity index (χ0v) is 7.85. The van der Waals surface area contributed by atoms with Crippen LogP contribution in [-0.4, -0.2) is 14.6 Å². The molecule has 0 aromatic carbocycles. The van der Waals surface area contributed by atoms with Crippen molar-refractivity contribution >= 4 is 11.3 Å². The van der Waals surface area contributed by atoms with Crippen LogP contribution in [0, 0.1) is 0 Å². The van der Waals surface area contributed by atoms with Crippen molar-refractivity contribution in [3.63, 3.8) is 0 Å². The molecule has 14 heavy (non-hydrogen) atoms. The van der Waals surface area contributed by atoms with Crippen LogP contribution in [0.25, 0.3) is 5.65 Å². The molecule has 72 valence electrons. The molecule has 1 saturated carbocycles. The Bertz CT molecular complexity index is 470. The molecule has 2 N–H and O–H groups in total. The normalized spacial score (nSPS) is 17.1. The largest absolute Gasteiger partial charge is 0.396 e. The number of nitrogens with two attached hydrogens (primary N) is 1. The fraction of sp³-hybridized carbons (Fsp3) is 0.400. The first-order chi connectivity index (χ1) is 6.84. The Labute approximate surface area is 81.8 Å². The van der Waals surface area contributed by atoms with Gasteiger partial charge in [-0.2, -0.15) is 5.10 Å². The van der Waals surface area contributed by atoms with Crippen LogP contribution in [0.5, 0.6) is 0 Å². The van der Waals surface area contributed by atoms with Gasteiger partial charge in [0.25, 0.3) is 0 Å². The topological polar surface area (TPSA) is 56.2 Å². The lowest BCUT2D eigenvalue weighted by atomic mass is 9.85. The van der Waals surface area contributed by atoms with Crippen molar-refractivity contribution < 1.29 is 0 Å². The quantitative estimate of drug-likeness (QED) is 0.739. The fourth-order valence-electron chi connectivity index (χ4n) is 1.78. The highest BCUT2D eigenvalue weighted by molar-refractivity contribution is 5.63. The molecule has 1 aliphatic rings. The average Bonchev–Trinajstić information content (AvgIpc) is 2.46. The molecule has 1 aliphatic carbocycles. The molecule has 0 radical (unpaired) electrons. The zero-order chi connectivity index (χ0) is 9.54. The zero-order valence-electron chi connectivity index (χ0n) is 7.85. The third-order valence-corrected chi connectivity index (χ3v) is 2.88. The molecule has 0 aliphatic heterocycles. The van der Waals surface area contributed by atoms with Crippen molar-refractivity contribution in [3.05, 3.63) is 24.2 Å². The van der Waals surface area contributed by atoms with Crippen molar-refractivity contribution in [2.45, 2.75) is 25.2 Å². The molecule has 4 heteroatoms. The minimum Gasteiger partial charge on any atom is -0.396 e. The first kappa shape index (κ1) is 7.79. The Morgan fingerprint density at radius 1 is 1.43 bits per heavy atom. The van der Waals surface area contributed by atoms with Gasteiger partial charge in [0, 0.05) is 12.1 Å². The Kier molecular flexibility index (Phi) is 1.50. The number of hydrogen-bond donors (Lipinski definition) is 1. The van der Waals surface area contributed by atoms with Gasteiger partial charge in [-0.05, 0) is 25.0 Å². The van der Waals surface area contributed by atoms with Crippen molar-refractivity contribution in [1.29, 1.82) is 0 Å². The lowest BCUT2D eigenvalue weighted by Crippen LogP contribution is -2.10. The maximum Gasteiger partial charge on any atom is 0.178 e. The maximum atomic E-state index is 5.81. The van der Waals surface area contributed by atoms with Crippen molar-refractivity contribution in [2.75, 3.05) is 5.73 Å². The van der Waals surface area contributed by atoms with E-state index in [1.807, 2.05) is 18.3 Å². The summed E-state index contributed by atoms with van der Waals surface area (Å²) in [4.78, 5) is 4.46. The van der Waals surface area contributed by atoms with Crippen LogP contribution in [0.4, 0.5) is 5.69 Å². The predicted molar refractivity (Wildman–Crippen MR) is 54.0 cm³/mol. The lowest BCUT2D eigenvalue weighted by molar-refractivity contribution is 0.402. The highest BCUT2D eigenvalue weighted by Crippen LogP contribution is 2.34. The lowest BCUT2D eigenvalue weighted by Gasteiger charge is -2.21. The first-order valence-corrected chi connectivity index (χ1v) is 4.95. The predicted octanol–water partition coefficient (Wildman–Crippen LogP) is 1.58. The van der Waals surface area contributed by atoms with Crippen molar-refractivity contribution in [1.82, 2.24) is 14.6 Å². The van der Waals surface area contributed by atoms with Gasteiger partial charge in [-0.3, -0.25) is 0 Å². The smallest absolute Gasteiger partial charge is 0.178 e. The summed E-state index contributed by atoms with van der Waals surface area (Å²) < 4.78 is 1.77. The van der Waals surface area contributed by atoms with Gasteiger partial charge < -0.3 is 5.73 Å². The molecular formula is C10H12N4. The van der Waals surface area contributed by atoms with Gasteiger partial charge in [0.05, 0.1) is 5.69 Å². The van der Waals surface area contributed by atoms with E-state index in [9.17, 15) is 0 Å². The third-order valence-electron chi connectivity index (χ3n) is 2.88. The second kappa shape index (κ2) is 2.70. The molecule has 0 spiro atoms. The van der Waals surface area contributed by atoms with Crippen LogP contribution in [0.3, 0.4) is 0 Å². The van der Waals surface area contributed by atoms with E-state index in [-0.39, 0.29) is 0 Å². The summed E-state index contributed by atoms with van der Waals surface area (Å²) in [6.45, 7) is 0. The molecule has 2 heterocycles. The number of pyridine rings is 1. The Hall–Kier alpha value is -1.58. The minimum absolute atomic E-state index is 0.564. The molecule has 0 bridgehead atoms. The monoisotopic (exact) mass is 188 g/mol. The number of nitrogen functional groups attached to an aromatic ring is 1. The third kappa shape index (κ3) is 0.999. The van der Waals surface area contributed by atoms with Gasteiger partial charge in [0.15, 0.2) is 11.5 Å². The van der Waals surface area contributed by atoms with Crippen LogP contribution in [0.2, 0.25) is 0 Å². The van der Waals surface area contributed by atoms with E-state index in [2.05, 4.69) is 10.1 Å². The summed E-state index contributed by atoms with van der Waals surface area (Å²) in [5.41, 5.74) is 7.29. The Morgan fingerprint density at radius 3 is 2.93 bits per heavy atom. The fourth-order valence-corrected chi connectivity index (χ4v) is 1.78. The molecule has 0 unspecified atom stereocenters. The molecule has 2 aromatic heterocycles. The number of hydrogen-bond acceptors (Lipinski definition) is 3. The van der Waals surface area contributed by atoms with E-state index >= 15 is 0 Å². The summed E-state index contributed by atoms with van der Waals surface area (Å²) in [6, 6.07) is 3.75. The molecular weight excluding hydrogens is 176 g/mol. The maximum absolute atomic E-state index is 5.81. The SMILES string of the molecule is Nc1cccn2nc(C3CCC3)nc12. The second-order valence-electron chi connectivity index (χ2n) is 3.83. The molecule has 0 atom stereocenters. The number of fused-ring (bicyclic) bond motifs is 1. The summed E-state index contributed by atoms with van der Waals surface area (Å²) in [6.07, 6.45) is 5.63. The van der Waals surface area contributed by atoms with Gasteiger partial charge in [-0.15, -0.1) is 0 Å². The van der Waals surface area contributed by atoms with Crippen molar-refractivity contribution in [2.24, 2.45) is 0 Å². The van der Waals surface area contributed by atoms with Crippen LogP contribution < -0.4 is 5.73 Å². The second-order valence-corrected chi connectivity index (χ2v) is 3.83. The number of aromatic nitrogens is 3. The van der Waals surface area contributed by atoms with Crippen LogP contribution >= 0.6 is 0 Å². The Morgan fingerprint density at radius 2 is 2.29 bits per heavy atom. The van der Waals surface area contributed by atoms with E-state index in [1.165, 1.54) is 19.3 Å². The van der Waals surface area contributed by atoms with Crippen molar-refractivity contribution in [3.8, 4) is 0 Å². The number of rotatable bonds is 1. The van der Waals surface area contributed by atoms with Gasteiger partial charge in [-0.25, -0.2) is 9.50 Å². The van der Waals surface area contributed by atoms with Gasteiger partial charge >= 0.3 is 0 Å². The highest BCUT2D eigenvalue weighted by atomic mass is 15.3. The van der Waals surface area contributed by atoms with Gasteiger partial charge in [0.2, 0.25) is 0 Å². The van der Waals surface area contributed by atoms with E-state index in [1.54, 1.807) is 4.52 Å². The average molecular weight is 188 g/mol. The van der Waals surface area contributed by atoms with Gasteiger partial charge in [-0.1, -0.05) is 6.42 Å².